The summed E-state index contributed by atoms with van der Waals surface area (Å²) < 4.78 is 10.5. The van der Waals surface area contributed by atoms with E-state index in [-0.39, 0.29) is 0 Å². The summed E-state index contributed by atoms with van der Waals surface area (Å²) in [6.45, 7) is 5.68. The van der Waals surface area contributed by atoms with Crippen LogP contribution in [0.5, 0.6) is 5.88 Å². The van der Waals surface area contributed by atoms with E-state index in [1.165, 1.54) is 6.20 Å². The van der Waals surface area contributed by atoms with Crippen molar-refractivity contribution >= 4 is 5.97 Å². The smallest absolute Gasteiger partial charge is 0.339 e. The van der Waals surface area contributed by atoms with Gasteiger partial charge in [-0.1, -0.05) is 0 Å². The van der Waals surface area contributed by atoms with E-state index in [4.69, 9.17) is 9.47 Å². The number of aromatic nitrogens is 1. The molecule has 1 aromatic rings. The lowest BCUT2D eigenvalue weighted by Gasteiger charge is -2.36. The quantitative estimate of drug-likeness (QED) is 0.803. The normalized spacial score (nSPS) is 20.8. The van der Waals surface area contributed by atoms with Crippen molar-refractivity contribution in [2.45, 2.75) is 38.9 Å². The predicted octanol–water partition coefficient (Wildman–Crippen LogP) is 1.33. The Balaban J connectivity index is 2.29. The molecule has 0 fully saturated rings. The molecular formula is C13H17NO4. The van der Waals surface area contributed by atoms with Crippen molar-refractivity contribution in [1.29, 1.82) is 0 Å². The van der Waals surface area contributed by atoms with E-state index < -0.39 is 17.7 Å². The number of hydrogen-bond donors (Lipinski definition) is 1. The molecule has 1 aromatic heterocycles. The van der Waals surface area contributed by atoms with Crippen LogP contribution in [0.15, 0.2) is 12.3 Å². The molecule has 2 heterocycles. The van der Waals surface area contributed by atoms with Crippen LogP contribution in [0.3, 0.4) is 0 Å². The van der Waals surface area contributed by atoms with Gasteiger partial charge in [-0.3, -0.25) is 0 Å². The molecule has 0 radical (unpaired) electrons. The standard InChI is InChI=1S/C13H17NO4/c1-4-17-12(16)9-5-8-6-10(15)13(2,3)18-11(8)14-7-9/h5,7,10,15H,4,6H2,1-3H3/t10-/m0/s1. The summed E-state index contributed by atoms with van der Waals surface area (Å²) in [6, 6.07) is 1.67. The van der Waals surface area contributed by atoms with Crippen LogP contribution < -0.4 is 4.74 Å². The first-order valence-electron chi connectivity index (χ1n) is 5.97. The van der Waals surface area contributed by atoms with E-state index in [0.717, 1.165) is 5.56 Å². The molecule has 5 heteroatoms. The highest BCUT2D eigenvalue weighted by molar-refractivity contribution is 5.89. The summed E-state index contributed by atoms with van der Waals surface area (Å²) in [5.74, 6) is 0.0606. The molecule has 2 rings (SSSR count). The second kappa shape index (κ2) is 4.57. The summed E-state index contributed by atoms with van der Waals surface area (Å²) in [5, 5.41) is 9.95. The zero-order chi connectivity index (χ0) is 13.3. The van der Waals surface area contributed by atoms with Crippen LogP contribution in [0.1, 0.15) is 36.7 Å². The molecule has 0 saturated carbocycles. The number of esters is 1. The second-order valence-corrected chi connectivity index (χ2v) is 4.83. The molecule has 1 atom stereocenters. The summed E-state index contributed by atoms with van der Waals surface area (Å²) in [4.78, 5) is 15.7. The largest absolute Gasteiger partial charge is 0.469 e. The number of pyridine rings is 1. The zero-order valence-corrected chi connectivity index (χ0v) is 10.8. The Labute approximate surface area is 106 Å². The second-order valence-electron chi connectivity index (χ2n) is 4.83. The topological polar surface area (TPSA) is 68.7 Å². The zero-order valence-electron chi connectivity index (χ0n) is 10.8. The molecule has 1 aliphatic heterocycles. The fourth-order valence-corrected chi connectivity index (χ4v) is 1.83. The van der Waals surface area contributed by atoms with Crippen molar-refractivity contribution in [1.82, 2.24) is 4.98 Å². The minimum absolute atomic E-state index is 0.322. The summed E-state index contributed by atoms with van der Waals surface area (Å²) in [7, 11) is 0. The number of carbonyl (C=O) groups excluding carboxylic acids is 1. The SMILES string of the molecule is CCOC(=O)c1cnc2c(c1)C[C@H](O)C(C)(C)O2. The van der Waals surface area contributed by atoms with Gasteiger partial charge >= 0.3 is 5.97 Å². The Morgan fingerprint density at radius 1 is 1.67 bits per heavy atom. The summed E-state index contributed by atoms with van der Waals surface area (Å²) >= 11 is 0. The molecule has 0 unspecified atom stereocenters. The van der Waals surface area contributed by atoms with E-state index >= 15 is 0 Å². The Morgan fingerprint density at radius 3 is 3.06 bits per heavy atom. The van der Waals surface area contributed by atoms with Crippen LogP contribution in [0.2, 0.25) is 0 Å². The van der Waals surface area contributed by atoms with Crippen molar-refractivity contribution in [3.63, 3.8) is 0 Å². The highest BCUT2D eigenvalue weighted by Gasteiger charge is 2.36. The molecule has 5 nitrogen and oxygen atoms in total. The predicted molar refractivity (Wildman–Crippen MR) is 64.6 cm³/mol. The van der Waals surface area contributed by atoms with Crippen LogP contribution in [-0.2, 0) is 11.2 Å². The van der Waals surface area contributed by atoms with Gasteiger partial charge in [0.2, 0.25) is 5.88 Å². The number of aliphatic hydroxyl groups is 1. The Kier molecular flexibility index (Phi) is 3.26. The minimum atomic E-state index is -0.661. The molecule has 0 bridgehead atoms. The first-order chi connectivity index (χ1) is 8.44. The lowest BCUT2D eigenvalue weighted by atomic mass is 9.92. The number of rotatable bonds is 2. The van der Waals surface area contributed by atoms with E-state index in [0.29, 0.717) is 24.5 Å². The van der Waals surface area contributed by atoms with Crippen molar-refractivity contribution in [2.75, 3.05) is 6.61 Å². The molecule has 98 valence electrons. The summed E-state index contributed by atoms with van der Waals surface area (Å²) in [6.07, 6.45) is 1.23. The highest BCUT2D eigenvalue weighted by atomic mass is 16.5. The van der Waals surface area contributed by atoms with Crippen molar-refractivity contribution in [3.8, 4) is 5.88 Å². The molecule has 0 aliphatic carbocycles. The van der Waals surface area contributed by atoms with Gasteiger partial charge in [0.15, 0.2) is 0 Å². The van der Waals surface area contributed by atoms with Crippen LogP contribution in [-0.4, -0.2) is 34.4 Å². The number of ether oxygens (including phenoxy) is 2. The maximum atomic E-state index is 11.6. The molecule has 0 aromatic carbocycles. The molecule has 0 amide bonds. The molecule has 18 heavy (non-hydrogen) atoms. The van der Waals surface area contributed by atoms with E-state index in [1.807, 2.05) is 13.8 Å². The number of aliphatic hydroxyl groups excluding tert-OH is 1. The average Bonchev–Trinajstić information content (AvgIpc) is 2.30. The Bertz CT molecular complexity index is 470. The lowest BCUT2D eigenvalue weighted by molar-refractivity contribution is -0.0443. The molecule has 0 saturated heterocycles. The van der Waals surface area contributed by atoms with E-state index in [9.17, 15) is 9.90 Å². The number of fused-ring (bicyclic) bond motifs is 1. The first-order valence-corrected chi connectivity index (χ1v) is 5.97. The van der Waals surface area contributed by atoms with Gasteiger partial charge in [-0.05, 0) is 26.8 Å². The van der Waals surface area contributed by atoms with Gasteiger partial charge in [-0.15, -0.1) is 0 Å². The van der Waals surface area contributed by atoms with E-state index in [1.54, 1.807) is 13.0 Å². The van der Waals surface area contributed by atoms with Gasteiger partial charge in [-0.25, -0.2) is 9.78 Å². The van der Waals surface area contributed by atoms with Crippen molar-refractivity contribution < 1.29 is 19.4 Å². The van der Waals surface area contributed by atoms with Crippen LogP contribution in [0, 0.1) is 0 Å². The Hall–Kier alpha value is -1.62. The number of carbonyl (C=O) groups is 1. The first kappa shape index (κ1) is 12.8. The monoisotopic (exact) mass is 251 g/mol. The van der Waals surface area contributed by atoms with Gasteiger partial charge in [0, 0.05) is 18.2 Å². The van der Waals surface area contributed by atoms with Gasteiger partial charge in [0.05, 0.1) is 18.3 Å². The molecule has 0 spiro atoms. The molecular weight excluding hydrogens is 234 g/mol. The maximum absolute atomic E-state index is 11.6. The van der Waals surface area contributed by atoms with Gasteiger partial charge in [-0.2, -0.15) is 0 Å². The van der Waals surface area contributed by atoms with Crippen LogP contribution >= 0.6 is 0 Å². The fraction of sp³-hybridized carbons (Fsp3) is 0.538. The molecule has 1 aliphatic rings. The minimum Gasteiger partial charge on any atom is -0.469 e. The fourth-order valence-electron chi connectivity index (χ4n) is 1.83. The maximum Gasteiger partial charge on any atom is 0.339 e. The number of hydrogen-bond acceptors (Lipinski definition) is 5. The highest BCUT2D eigenvalue weighted by Crippen LogP contribution is 2.31. The number of nitrogens with zero attached hydrogens (tertiary/aromatic N) is 1. The van der Waals surface area contributed by atoms with Gasteiger partial charge in [0.25, 0.3) is 0 Å². The average molecular weight is 251 g/mol. The third-order valence-electron chi connectivity index (χ3n) is 3.01. The third-order valence-corrected chi connectivity index (χ3v) is 3.01. The van der Waals surface area contributed by atoms with Crippen molar-refractivity contribution in [2.24, 2.45) is 0 Å². The Morgan fingerprint density at radius 2 is 2.39 bits per heavy atom. The van der Waals surface area contributed by atoms with Gasteiger partial charge < -0.3 is 14.6 Å². The van der Waals surface area contributed by atoms with Gasteiger partial charge in [0.1, 0.15) is 5.60 Å². The van der Waals surface area contributed by atoms with Crippen LogP contribution in [0.4, 0.5) is 0 Å². The summed E-state index contributed by atoms with van der Waals surface area (Å²) in [5.41, 5.74) is 0.448. The van der Waals surface area contributed by atoms with Crippen molar-refractivity contribution in [3.05, 3.63) is 23.4 Å². The van der Waals surface area contributed by atoms with Crippen LogP contribution in [0.25, 0.3) is 0 Å². The lowest BCUT2D eigenvalue weighted by Crippen LogP contribution is -2.46. The third kappa shape index (κ3) is 2.31. The van der Waals surface area contributed by atoms with E-state index in [2.05, 4.69) is 4.98 Å². The molecule has 1 N–H and O–H groups in total.